The third-order valence-corrected chi connectivity index (χ3v) is 5.06. The van der Waals surface area contributed by atoms with Crippen LogP contribution in [0.25, 0.3) is 0 Å². The van der Waals surface area contributed by atoms with Crippen LogP contribution < -0.4 is 9.64 Å². The molecule has 0 aromatic heterocycles. The third-order valence-electron chi connectivity index (χ3n) is 5.06. The molecule has 5 heteroatoms. The summed E-state index contributed by atoms with van der Waals surface area (Å²) in [6.07, 6.45) is 0. The van der Waals surface area contributed by atoms with E-state index in [1.54, 1.807) is 13.8 Å². The minimum atomic E-state index is -0.687. The van der Waals surface area contributed by atoms with E-state index in [0.29, 0.717) is 18.2 Å². The van der Waals surface area contributed by atoms with E-state index in [0.717, 1.165) is 16.9 Å². The highest BCUT2D eigenvalue weighted by Crippen LogP contribution is 2.42. The number of benzene rings is 2. The molecule has 0 bridgehead atoms. The maximum Gasteiger partial charge on any atom is 0.294 e. The number of aliphatic hydroxyl groups excluding tert-OH is 1. The molecule has 1 aliphatic rings. The first-order valence-corrected chi connectivity index (χ1v) is 10.3. The standard InChI is InChI=1S/C25H29NO4/c1-15(2)14-30-20-11-9-18(10-12-20)22-21(23(27)16(3)4)24(28)25(29)26(22)19-8-6-7-17(5)13-19/h6-13,15-16,22,28H,14H2,1-5H3. The van der Waals surface area contributed by atoms with Gasteiger partial charge in [0.2, 0.25) is 0 Å². The van der Waals surface area contributed by atoms with Gasteiger partial charge in [-0.05, 0) is 48.2 Å². The van der Waals surface area contributed by atoms with Gasteiger partial charge in [0.25, 0.3) is 5.91 Å². The lowest BCUT2D eigenvalue weighted by atomic mass is 9.91. The van der Waals surface area contributed by atoms with Gasteiger partial charge in [-0.3, -0.25) is 14.5 Å². The number of Topliss-reactive ketones (excluding diaryl/α,β-unsaturated/α-hetero) is 1. The zero-order chi connectivity index (χ0) is 22.0. The number of ether oxygens (including phenoxy) is 1. The second-order valence-electron chi connectivity index (χ2n) is 8.47. The Morgan fingerprint density at radius 2 is 1.77 bits per heavy atom. The number of carbonyl (C=O) groups excluding carboxylic acids is 2. The van der Waals surface area contributed by atoms with Crippen molar-refractivity contribution in [1.82, 2.24) is 0 Å². The number of aryl methyl sites for hydroxylation is 1. The second kappa shape index (κ2) is 8.74. The van der Waals surface area contributed by atoms with Crippen LogP contribution in [0.1, 0.15) is 44.9 Å². The molecular formula is C25H29NO4. The Kier molecular flexibility index (Phi) is 6.30. The van der Waals surface area contributed by atoms with Crippen LogP contribution in [0.15, 0.2) is 59.9 Å². The summed E-state index contributed by atoms with van der Waals surface area (Å²) < 4.78 is 5.76. The fourth-order valence-corrected chi connectivity index (χ4v) is 3.54. The van der Waals surface area contributed by atoms with Crippen molar-refractivity contribution in [3.63, 3.8) is 0 Å². The predicted molar refractivity (Wildman–Crippen MR) is 118 cm³/mol. The van der Waals surface area contributed by atoms with Crippen molar-refractivity contribution in [1.29, 1.82) is 0 Å². The lowest BCUT2D eigenvalue weighted by molar-refractivity contribution is -0.119. The molecule has 2 aromatic rings. The molecule has 1 N–H and O–H groups in total. The third kappa shape index (κ3) is 4.25. The largest absolute Gasteiger partial charge is 0.503 e. The molecule has 1 aliphatic heterocycles. The number of nitrogens with zero attached hydrogens (tertiary/aromatic N) is 1. The molecule has 1 atom stereocenters. The molecule has 0 fully saturated rings. The van der Waals surface area contributed by atoms with Gasteiger partial charge in [-0.15, -0.1) is 0 Å². The first kappa shape index (κ1) is 21.6. The molecule has 1 amide bonds. The van der Waals surface area contributed by atoms with Crippen LogP contribution in [0.4, 0.5) is 5.69 Å². The Balaban J connectivity index is 2.06. The van der Waals surface area contributed by atoms with Crippen molar-refractivity contribution >= 4 is 17.4 Å². The Morgan fingerprint density at radius 1 is 1.10 bits per heavy atom. The van der Waals surface area contributed by atoms with Gasteiger partial charge in [0.1, 0.15) is 5.75 Å². The van der Waals surface area contributed by atoms with Crippen LogP contribution in [-0.4, -0.2) is 23.4 Å². The number of amides is 1. The number of hydrogen-bond donors (Lipinski definition) is 1. The molecule has 3 rings (SSSR count). The molecule has 0 saturated heterocycles. The predicted octanol–water partition coefficient (Wildman–Crippen LogP) is 5.15. The van der Waals surface area contributed by atoms with Crippen LogP contribution in [-0.2, 0) is 9.59 Å². The number of rotatable bonds is 7. The maximum absolute atomic E-state index is 13.0. The van der Waals surface area contributed by atoms with Crippen LogP contribution in [0.2, 0.25) is 0 Å². The van der Waals surface area contributed by atoms with Gasteiger partial charge in [-0.25, -0.2) is 0 Å². The summed E-state index contributed by atoms with van der Waals surface area (Å²) in [7, 11) is 0. The van der Waals surface area contributed by atoms with Crippen molar-refractivity contribution in [2.75, 3.05) is 11.5 Å². The smallest absolute Gasteiger partial charge is 0.294 e. The minimum absolute atomic E-state index is 0.146. The molecule has 0 saturated carbocycles. The summed E-state index contributed by atoms with van der Waals surface area (Å²) >= 11 is 0. The average Bonchev–Trinajstić information content (AvgIpc) is 2.97. The van der Waals surface area contributed by atoms with Crippen LogP contribution >= 0.6 is 0 Å². The van der Waals surface area contributed by atoms with E-state index >= 15 is 0 Å². The highest BCUT2D eigenvalue weighted by molar-refractivity contribution is 6.16. The summed E-state index contributed by atoms with van der Waals surface area (Å²) in [6, 6.07) is 14.2. The monoisotopic (exact) mass is 407 g/mol. The zero-order valence-corrected chi connectivity index (χ0v) is 18.2. The summed E-state index contributed by atoms with van der Waals surface area (Å²) in [6.45, 7) is 10.2. The summed E-state index contributed by atoms with van der Waals surface area (Å²) in [4.78, 5) is 27.5. The first-order valence-electron chi connectivity index (χ1n) is 10.3. The van der Waals surface area contributed by atoms with Gasteiger partial charge < -0.3 is 9.84 Å². The molecule has 0 aliphatic carbocycles. The number of ketones is 1. The highest BCUT2D eigenvalue weighted by atomic mass is 16.5. The van der Waals surface area contributed by atoms with Gasteiger partial charge in [0.05, 0.1) is 18.2 Å². The maximum atomic E-state index is 13.0. The summed E-state index contributed by atoms with van der Waals surface area (Å²) in [5.74, 6) is -0.479. The van der Waals surface area contributed by atoms with Crippen molar-refractivity contribution in [3.05, 3.63) is 71.0 Å². The van der Waals surface area contributed by atoms with Crippen molar-refractivity contribution in [3.8, 4) is 5.75 Å². The van der Waals surface area contributed by atoms with Crippen LogP contribution in [0, 0.1) is 18.8 Å². The van der Waals surface area contributed by atoms with Gasteiger partial charge in [-0.2, -0.15) is 0 Å². The molecule has 1 unspecified atom stereocenters. The van der Waals surface area contributed by atoms with Crippen molar-refractivity contribution < 1.29 is 19.4 Å². The van der Waals surface area contributed by atoms with Crippen LogP contribution in [0.3, 0.4) is 0 Å². The first-order chi connectivity index (χ1) is 14.2. The Morgan fingerprint density at radius 3 is 2.33 bits per heavy atom. The van der Waals surface area contributed by atoms with E-state index in [1.165, 1.54) is 4.90 Å². The van der Waals surface area contributed by atoms with Gasteiger partial charge in [-0.1, -0.05) is 52.0 Å². The quantitative estimate of drug-likeness (QED) is 0.689. The van der Waals surface area contributed by atoms with E-state index in [2.05, 4.69) is 13.8 Å². The topological polar surface area (TPSA) is 66.8 Å². The van der Waals surface area contributed by atoms with E-state index in [9.17, 15) is 14.7 Å². The SMILES string of the molecule is Cc1cccc(N2C(=O)C(O)=C(C(=O)C(C)C)C2c2ccc(OCC(C)C)cc2)c1. The van der Waals surface area contributed by atoms with E-state index in [-0.39, 0.29) is 17.3 Å². The molecule has 2 aromatic carbocycles. The molecule has 30 heavy (non-hydrogen) atoms. The number of carbonyl (C=O) groups is 2. The van der Waals surface area contributed by atoms with Crippen molar-refractivity contribution in [2.24, 2.45) is 11.8 Å². The lowest BCUT2D eigenvalue weighted by Crippen LogP contribution is -2.31. The molecular weight excluding hydrogens is 378 g/mol. The second-order valence-corrected chi connectivity index (χ2v) is 8.47. The summed E-state index contributed by atoms with van der Waals surface area (Å²) in [5.41, 5.74) is 2.52. The Bertz CT molecular complexity index is 973. The van der Waals surface area contributed by atoms with Gasteiger partial charge >= 0.3 is 0 Å². The normalized spacial score (nSPS) is 16.7. The average molecular weight is 408 g/mol. The molecule has 0 spiro atoms. The van der Waals surface area contributed by atoms with E-state index < -0.39 is 17.7 Å². The number of hydrogen-bond acceptors (Lipinski definition) is 4. The highest BCUT2D eigenvalue weighted by Gasteiger charge is 2.44. The van der Waals surface area contributed by atoms with Crippen molar-refractivity contribution in [2.45, 2.75) is 40.7 Å². The molecule has 1 heterocycles. The number of aliphatic hydroxyl groups is 1. The van der Waals surface area contributed by atoms with E-state index in [1.807, 2.05) is 55.5 Å². The molecule has 0 radical (unpaired) electrons. The minimum Gasteiger partial charge on any atom is -0.503 e. The molecule has 158 valence electrons. The van der Waals surface area contributed by atoms with Gasteiger partial charge in [0.15, 0.2) is 11.5 Å². The number of anilines is 1. The van der Waals surface area contributed by atoms with Crippen LogP contribution in [0.5, 0.6) is 5.75 Å². The van der Waals surface area contributed by atoms with Gasteiger partial charge in [0, 0.05) is 11.6 Å². The Labute approximate surface area is 178 Å². The summed E-state index contributed by atoms with van der Waals surface area (Å²) in [5, 5.41) is 10.7. The lowest BCUT2D eigenvalue weighted by Gasteiger charge is -2.27. The zero-order valence-electron chi connectivity index (χ0n) is 18.2. The van der Waals surface area contributed by atoms with E-state index in [4.69, 9.17) is 4.74 Å². The Hall–Kier alpha value is -3.08. The fourth-order valence-electron chi connectivity index (χ4n) is 3.54. The fraction of sp³-hybridized carbons (Fsp3) is 0.360. The molecule has 5 nitrogen and oxygen atoms in total.